The summed E-state index contributed by atoms with van der Waals surface area (Å²) in [5, 5.41) is 32.3. The zero-order valence-corrected chi connectivity index (χ0v) is 20.0. The zero-order valence-electron chi connectivity index (χ0n) is 19.2. The third-order valence-electron chi connectivity index (χ3n) is 6.00. The van der Waals surface area contributed by atoms with E-state index < -0.39 is 12.1 Å². The van der Waals surface area contributed by atoms with Gasteiger partial charge in [0.25, 0.3) is 0 Å². The topological polar surface area (TPSA) is 103 Å². The highest BCUT2D eigenvalue weighted by molar-refractivity contribution is 5.85. The number of aryl methyl sites for hydroxylation is 1. The molecule has 0 heterocycles. The smallest absolute Gasteiger partial charge is 0.303 e. The number of nitriles is 1. The Bertz CT molecular complexity index is 961. The Balaban J connectivity index is 0.00000385. The molecule has 1 atom stereocenters. The largest absolute Gasteiger partial charge is 0.489 e. The summed E-state index contributed by atoms with van der Waals surface area (Å²) in [6, 6.07) is 15.8. The minimum Gasteiger partial charge on any atom is -0.489 e. The van der Waals surface area contributed by atoms with Crippen molar-refractivity contribution in [2.75, 3.05) is 13.2 Å². The molecule has 3 N–H and O–H groups in total. The van der Waals surface area contributed by atoms with E-state index in [1.54, 1.807) is 18.2 Å². The van der Waals surface area contributed by atoms with Gasteiger partial charge in [-0.3, -0.25) is 4.79 Å². The predicted molar refractivity (Wildman–Crippen MR) is 130 cm³/mol. The van der Waals surface area contributed by atoms with E-state index >= 15 is 0 Å². The van der Waals surface area contributed by atoms with Gasteiger partial charge in [0.15, 0.2) is 0 Å². The highest BCUT2D eigenvalue weighted by atomic mass is 35.5. The number of β-amino-alcohol motifs (C(OH)–C–C–N with tert-alkyl or cyclic N) is 1. The first-order valence-electron chi connectivity index (χ1n) is 11.1. The molecule has 1 aliphatic carbocycles. The van der Waals surface area contributed by atoms with Crippen LogP contribution in [0.1, 0.15) is 48.9 Å². The normalized spacial score (nSPS) is 14.1. The van der Waals surface area contributed by atoms with Crippen molar-refractivity contribution >= 4 is 18.4 Å². The number of fused-ring (bicyclic) bond motifs is 1. The second-order valence-electron chi connectivity index (χ2n) is 9.28. The minimum atomic E-state index is -0.907. The van der Waals surface area contributed by atoms with E-state index in [1.807, 2.05) is 0 Å². The molecule has 0 saturated carbocycles. The van der Waals surface area contributed by atoms with Crippen molar-refractivity contribution in [3.05, 3.63) is 64.7 Å². The van der Waals surface area contributed by atoms with Gasteiger partial charge in [0, 0.05) is 18.5 Å². The molecule has 0 radical (unpaired) electrons. The first-order valence-corrected chi connectivity index (χ1v) is 11.1. The van der Waals surface area contributed by atoms with Crippen LogP contribution >= 0.6 is 12.4 Å². The second-order valence-corrected chi connectivity index (χ2v) is 9.28. The molecule has 33 heavy (non-hydrogen) atoms. The average molecular weight is 473 g/mol. The van der Waals surface area contributed by atoms with E-state index in [0.29, 0.717) is 29.3 Å². The van der Waals surface area contributed by atoms with Gasteiger partial charge in [-0.15, -0.1) is 12.4 Å². The van der Waals surface area contributed by atoms with Crippen molar-refractivity contribution in [3.8, 4) is 11.8 Å². The highest BCUT2D eigenvalue weighted by Crippen LogP contribution is 2.32. The Labute approximate surface area is 202 Å². The summed E-state index contributed by atoms with van der Waals surface area (Å²) in [6.07, 6.45) is 2.66. The fourth-order valence-corrected chi connectivity index (χ4v) is 4.50. The van der Waals surface area contributed by atoms with E-state index in [-0.39, 0.29) is 37.4 Å². The minimum absolute atomic E-state index is 0. The number of ether oxygens (including phenoxy) is 1. The summed E-state index contributed by atoms with van der Waals surface area (Å²) < 4.78 is 5.79. The van der Waals surface area contributed by atoms with Gasteiger partial charge in [0.05, 0.1) is 5.56 Å². The van der Waals surface area contributed by atoms with Crippen LogP contribution in [0.3, 0.4) is 0 Å². The second kappa shape index (κ2) is 12.0. The lowest BCUT2D eigenvalue weighted by atomic mass is 9.88. The Morgan fingerprint density at radius 1 is 1.21 bits per heavy atom. The van der Waals surface area contributed by atoms with Gasteiger partial charge >= 0.3 is 5.97 Å². The Morgan fingerprint density at radius 3 is 2.48 bits per heavy atom. The van der Waals surface area contributed by atoms with Crippen molar-refractivity contribution in [3.63, 3.8) is 0 Å². The molecule has 1 unspecified atom stereocenters. The highest BCUT2D eigenvalue weighted by Gasteiger charge is 2.28. The van der Waals surface area contributed by atoms with Crippen LogP contribution in [-0.4, -0.2) is 41.0 Å². The SMILES string of the molecule is CC(C)(CC1Cc2ccccc2C1)NCC(O)COc1c(C#N)cccc1CCC(=O)O.Cl. The predicted octanol–water partition coefficient (Wildman–Crippen LogP) is 3.91. The lowest BCUT2D eigenvalue weighted by Crippen LogP contribution is -2.46. The molecule has 6 nitrogen and oxygen atoms in total. The number of para-hydroxylation sites is 1. The van der Waals surface area contributed by atoms with Gasteiger partial charge in [-0.25, -0.2) is 0 Å². The van der Waals surface area contributed by atoms with Crippen LogP contribution in [0.25, 0.3) is 0 Å². The molecule has 2 aromatic rings. The van der Waals surface area contributed by atoms with E-state index in [9.17, 15) is 15.2 Å². The summed E-state index contributed by atoms with van der Waals surface area (Å²) in [5.74, 6) is 0.0380. The monoisotopic (exact) mass is 472 g/mol. The fraction of sp³-hybridized carbons (Fsp3) is 0.462. The summed E-state index contributed by atoms with van der Waals surface area (Å²) in [5.41, 5.74) is 3.75. The third-order valence-corrected chi connectivity index (χ3v) is 6.00. The van der Waals surface area contributed by atoms with E-state index in [1.165, 1.54) is 11.1 Å². The Morgan fingerprint density at radius 2 is 1.88 bits per heavy atom. The van der Waals surface area contributed by atoms with Crippen LogP contribution in [0.2, 0.25) is 0 Å². The standard InChI is InChI=1S/C26H32N2O4.ClH/c1-26(2,14-18-12-20-6-3-4-7-21(20)13-18)28-16-23(29)17-32-25-19(10-11-24(30)31)8-5-9-22(25)15-27;/h3-9,18,23,28-29H,10-14,16-17H2,1-2H3,(H,30,31);1H. The molecule has 2 aromatic carbocycles. The van der Waals surface area contributed by atoms with Gasteiger partial charge in [-0.2, -0.15) is 5.26 Å². The molecule has 0 bridgehead atoms. The molecule has 0 spiro atoms. The molecular weight excluding hydrogens is 440 g/mol. The lowest BCUT2D eigenvalue weighted by molar-refractivity contribution is -0.136. The number of aliphatic hydroxyl groups excluding tert-OH is 1. The van der Waals surface area contributed by atoms with Gasteiger partial charge in [-0.1, -0.05) is 36.4 Å². The van der Waals surface area contributed by atoms with Crippen LogP contribution in [-0.2, 0) is 24.1 Å². The van der Waals surface area contributed by atoms with Gasteiger partial charge < -0.3 is 20.3 Å². The van der Waals surface area contributed by atoms with Crippen molar-refractivity contribution in [1.82, 2.24) is 5.32 Å². The molecular formula is C26H33ClN2O4. The number of aliphatic carboxylic acids is 1. The Hall–Kier alpha value is -2.59. The zero-order chi connectivity index (χ0) is 23.1. The maximum absolute atomic E-state index is 10.9. The van der Waals surface area contributed by atoms with Crippen molar-refractivity contribution in [2.24, 2.45) is 5.92 Å². The van der Waals surface area contributed by atoms with Crippen LogP contribution in [0.15, 0.2) is 42.5 Å². The first-order chi connectivity index (χ1) is 15.3. The maximum atomic E-state index is 10.9. The fourth-order valence-electron chi connectivity index (χ4n) is 4.50. The number of aliphatic hydroxyl groups is 1. The van der Waals surface area contributed by atoms with E-state index in [0.717, 1.165) is 19.3 Å². The van der Waals surface area contributed by atoms with Crippen molar-refractivity contribution in [1.29, 1.82) is 5.26 Å². The average Bonchev–Trinajstić information content (AvgIpc) is 3.16. The third kappa shape index (κ3) is 7.75. The quantitative estimate of drug-likeness (QED) is 0.458. The molecule has 3 rings (SSSR count). The summed E-state index contributed by atoms with van der Waals surface area (Å²) in [6.45, 7) is 4.69. The Kier molecular flexibility index (Phi) is 9.72. The van der Waals surface area contributed by atoms with Crippen LogP contribution in [0.4, 0.5) is 0 Å². The molecule has 7 heteroatoms. The van der Waals surface area contributed by atoms with E-state index in [2.05, 4.69) is 49.5 Å². The molecule has 0 saturated heterocycles. The number of hydrogen-bond acceptors (Lipinski definition) is 5. The number of nitrogens with one attached hydrogen (secondary N) is 1. The lowest BCUT2D eigenvalue weighted by Gasteiger charge is -2.30. The summed E-state index contributed by atoms with van der Waals surface area (Å²) in [4.78, 5) is 10.9. The van der Waals surface area contributed by atoms with Crippen LogP contribution in [0.5, 0.6) is 5.75 Å². The number of nitrogens with zero attached hydrogens (tertiary/aromatic N) is 1. The first kappa shape index (κ1) is 26.7. The number of hydrogen-bond donors (Lipinski definition) is 3. The molecule has 0 amide bonds. The number of carboxylic acid groups (broad SMARTS) is 1. The maximum Gasteiger partial charge on any atom is 0.303 e. The van der Waals surface area contributed by atoms with E-state index in [4.69, 9.17) is 9.84 Å². The van der Waals surface area contributed by atoms with Crippen molar-refractivity contribution < 1.29 is 19.7 Å². The molecule has 0 aromatic heterocycles. The van der Waals surface area contributed by atoms with Gasteiger partial charge in [-0.05, 0) is 68.2 Å². The summed E-state index contributed by atoms with van der Waals surface area (Å²) >= 11 is 0. The number of carbonyl (C=O) groups is 1. The van der Waals surface area contributed by atoms with Crippen LogP contribution < -0.4 is 10.1 Å². The van der Waals surface area contributed by atoms with Gasteiger partial charge in [0.2, 0.25) is 0 Å². The molecule has 1 aliphatic rings. The van der Waals surface area contributed by atoms with Crippen LogP contribution in [0, 0.1) is 17.2 Å². The number of carboxylic acids is 1. The molecule has 0 aliphatic heterocycles. The number of benzene rings is 2. The number of halogens is 1. The van der Waals surface area contributed by atoms with Crippen molar-refractivity contribution in [2.45, 2.75) is 57.6 Å². The molecule has 0 fully saturated rings. The molecule has 178 valence electrons. The summed E-state index contributed by atoms with van der Waals surface area (Å²) in [7, 11) is 0. The number of rotatable bonds is 11. The van der Waals surface area contributed by atoms with Gasteiger partial charge in [0.1, 0.15) is 24.5 Å².